The minimum atomic E-state index is -0.227. The third-order valence-electron chi connectivity index (χ3n) is 5.17. The summed E-state index contributed by atoms with van der Waals surface area (Å²) in [5, 5.41) is 0. The van der Waals surface area contributed by atoms with Gasteiger partial charge >= 0.3 is 5.97 Å². The first kappa shape index (κ1) is 13.6. The number of ether oxygens (including phenoxy) is 1. The highest BCUT2D eigenvalue weighted by Gasteiger charge is 2.55. The van der Waals surface area contributed by atoms with Gasteiger partial charge in [-0.2, -0.15) is 0 Å². The van der Waals surface area contributed by atoms with Gasteiger partial charge in [0.2, 0.25) is 0 Å². The Hall–Kier alpha value is -2.03. The molecule has 0 amide bonds. The van der Waals surface area contributed by atoms with E-state index in [4.69, 9.17) is 4.74 Å². The van der Waals surface area contributed by atoms with E-state index in [1.165, 1.54) is 23.2 Å². The van der Waals surface area contributed by atoms with Crippen molar-refractivity contribution in [3.8, 4) is 0 Å². The Morgan fingerprint density at radius 1 is 1.32 bits per heavy atom. The van der Waals surface area contributed by atoms with Gasteiger partial charge in [0.25, 0.3) is 0 Å². The number of benzene rings is 1. The summed E-state index contributed by atoms with van der Waals surface area (Å²) in [6.45, 7) is 2.26. The first-order valence-electron chi connectivity index (χ1n) is 8.20. The minimum absolute atomic E-state index is 0.227. The summed E-state index contributed by atoms with van der Waals surface area (Å²) in [7, 11) is 0. The number of H-pyrrole nitrogens is 1. The van der Waals surface area contributed by atoms with E-state index < -0.39 is 0 Å². The van der Waals surface area contributed by atoms with Gasteiger partial charge in [0.15, 0.2) is 0 Å². The molecule has 1 fully saturated rings. The second-order valence-corrected chi connectivity index (χ2v) is 6.42. The Morgan fingerprint density at radius 3 is 2.91 bits per heavy atom. The number of esters is 1. The van der Waals surface area contributed by atoms with Crippen LogP contribution < -0.4 is 0 Å². The van der Waals surface area contributed by atoms with Crippen LogP contribution in [0.15, 0.2) is 36.4 Å². The standard InChI is InChI=1S/C19H21NO2/c1-2-22-19(21)17-11-15-16(20-17)10-14-13(18(14)15)9-8-12-6-4-3-5-7-12/h3-7,11,13-14,18,20H,2,8-10H2,1H3. The summed E-state index contributed by atoms with van der Waals surface area (Å²) in [4.78, 5) is 15.1. The lowest BCUT2D eigenvalue weighted by atomic mass is 10.0. The van der Waals surface area contributed by atoms with Crippen molar-refractivity contribution >= 4 is 5.97 Å². The highest BCUT2D eigenvalue weighted by Crippen LogP contribution is 2.63. The van der Waals surface area contributed by atoms with E-state index in [0.717, 1.165) is 24.7 Å². The zero-order valence-electron chi connectivity index (χ0n) is 12.8. The lowest BCUT2D eigenvalue weighted by Crippen LogP contribution is -2.05. The summed E-state index contributed by atoms with van der Waals surface area (Å²) in [6, 6.07) is 12.7. The van der Waals surface area contributed by atoms with Crippen LogP contribution >= 0.6 is 0 Å². The third kappa shape index (κ3) is 2.25. The summed E-state index contributed by atoms with van der Waals surface area (Å²) in [6.07, 6.45) is 3.50. The Balaban J connectivity index is 1.41. The highest BCUT2D eigenvalue weighted by molar-refractivity contribution is 5.88. The van der Waals surface area contributed by atoms with Crippen molar-refractivity contribution in [3.05, 3.63) is 58.9 Å². The quantitative estimate of drug-likeness (QED) is 0.854. The summed E-state index contributed by atoms with van der Waals surface area (Å²) in [5.74, 6) is 2.02. The van der Waals surface area contributed by atoms with Crippen molar-refractivity contribution in [1.29, 1.82) is 0 Å². The zero-order chi connectivity index (χ0) is 15.1. The zero-order valence-corrected chi connectivity index (χ0v) is 12.8. The van der Waals surface area contributed by atoms with Crippen LogP contribution in [0.2, 0.25) is 0 Å². The van der Waals surface area contributed by atoms with E-state index in [0.29, 0.717) is 18.2 Å². The van der Waals surface area contributed by atoms with Crippen molar-refractivity contribution in [3.63, 3.8) is 0 Å². The van der Waals surface area contributed by atoms with E-state index in [2.05, 4.69) is 35.3 Å². The first-order valence-corrected chi connectivity index (χ1v) is 8.20. The maximum absolute atomic E-state index is 11.8. The van der Waals surface area contributed by atoms with Crippen LogP contribution in [0.5, 0.6) is 0 Å². The predicted molar refractivity (Wildman–Crippen MR) is 84.9 cm³/mol. The Labute approximate surface area is 130 Å². The molecule has 1 saturated carbocycles. The highest BCUT2D eigenvalue weighted by atomic mass is 16.5. The molecule has 4 rings (SSSR count). The van der Waals surface area contributed by atoms with Crippen molar-refractivity contribution < 1.29 is 9.53 Å². The number of nitrogens with one attached hydrogen (secondary N) is 1. The van der Waals surface area contributed by atoms with E-state index in [1.54, 1.807) is 0 Å². The second kappa shape index (κ2) is 5.31. The molecule has 3 atom stereocenters. The molecule has 1 N–H and O–H groups in total. The van der Waals surface area contributed by atoms with Gasteiger partial charge in [-0.05, 0) is 61.1 Å². The molecule has 3 heteroatoms. The van der Waals surface area contributed by atoms with Crippen LogP contribution in [-0.4, -0.2) is 17.6 Å². The number of aromatic amines is 1. The monoisotopic (exact) mass is 295 g/mol. The van der Waals surface area contributed by atoms with Crippen LogP contribution in [0.25, 0.3) is 0 Å². The number of fused-ring (bicyclic) bond motifs is 3. The average molecular weight is 295 g/mol. The van der Waals surface area contributed by atoms with E-state index in [1.807, 2.05) is 13.0 Å². The lowest BCUT2D eigenvalue weighted by Gasteiger charge is -2.04. The molecule has 22 heavy (non-hydrogen) atoms. The number of rotatable bonds is 5. The van der Waals surface area contributed by atoms with Crippen LogP contribution in [0.3, 0.4) is 0 Å². The Morgan fingerprint density at radius 2 is 2.14 bits per heavy atom. The van der Waals surface area contributed by atoms with Crippen molar-refractivity contribution in [2.45, 2.75) is 32.1 Å². The Kier molecular flexibility index (Phi) is 3.29. The van der Waals surface area contributed by atoms with Gasteiger partial charge < -0.3 is 9.72 Å². The fourth-order valence-corrected chi connectivity index (χ4v) is 4.09. The number of hydrogen-bond donors (Lipinski definition) is 1. The molecule has 114 valence electrons. The van der Waals surface area contributed by atoms with Gasteiger partial charge in [-0.25, -0.2) is 4.79 Å². The largest absolute Gasteiger partial charge is 0.461 e. The Bertz CT molecular complexity index is 689. The molecule has 2 aromatic rings. The van der Waals surface area contributed by atoms with Crippen molar-refractivity contribution in [1.82, 2.24) is 4.98 Å². The van der Waals surface area contributed by atoms with E-state index in [-0.39, 0.29) is 5.97 Å². The maximum Gasteiger partial charge on any atom is 0.354 e. The number of aryl methyl sites for hydroxylation is 1. The first-order chi connectivity index (χ1) is 10.8. The molecule has 0 saturated heterocycles. The number of aromatic nitrogens is 1. The summed E-state index contributed by atoms with van der Waals surface area (Å²) in [5.41, 5.74) is 4.67. The average Bonchev–Trinajstić information content (AvgIpc) is 2.87. The van der Waals surface area contributed by atoms with Gasteiger partial charge in [-0.15, -0.1) is 0 Å². The lowest BCUT2D eigenvalue weighted by molar-refractivity contribution is 0.0520. The molecular formula is C19H21NO2. The summed E-state index contributed by atoms with van der Waals surface area (Å²) < 4.78 is 5.08. The molecule has 1 aromatic carbocycles. The van der Waals surface area contributed by atoms with Crippen molar-refractivity contribution in [2.75, 3.05) is 6.61 Å². The van der Waals surface area contributed by atoms with Crippen LogP contribution in [0.4, 0.5) is 0 Å². The number of carbonyl (C=O) groups is 1. The van der Waals surface area contributed by atoms with Gasteiger partial charge in [-0.1, -0.05) is 30.3 Å². The van der Waals surface area contributed by atoms with E-state index >= 15 is 0 Å². The molecule has 3 unspecified atom stereocenters. The minimum Gasteiger partial charge on any atom is -0.461 e. The van der Waals surface area contributed by atoms with Gasteiger partial charge in [0, 0.05) is 5.69 Å². The van der Waals surface area contributed by atoms with Crippen LogP contribution in [-0.2, 0) is 17.6 Å². The number of hydrogen-bond acceptors (Lipinski definition) is 2. The molecule has 2 aliphatic rings. The second-order valence-electron chi connectivity index (χ2n) is 6.42. The fourth-order valence-electron chi connectivity index (χ4n) is 4.09. The van der Waals surface area contributed by atoms with Gasteiger partial charge in [-0.3, -0.25) is 0 Å². The molecule has 1 heterocycles. The van der Waals surface area contributed by atoms with Crippen LogP contribution in [0.1, 0.15) is 46.6 Å². The maximum atomic E-state index is 11.8. The fraction of sp³-hybridized carbons (Fsp3) is 0.421. The van der Waals surface area contributed by atoms with Gasteiger partial charge in [0.1, 0.15) is 5.69 Å². The molecule has 0 spiro atoms. The van der Waals surface area contributed by atoms with E-state index in [9.17, 15) is 4.79 Å². The number of carbonyl (C=O) groups excluding carboxylic acids is 1. The molecule has 2 aliphatic carbocycles. The molecule has 0 bridgehead atoms. The molecule has 3 nitrogen and oxygen atoms in total. The smallest absolute Gasteiger partial charge is 0.354 e. The SMILES string of the molecule is CCOC(=O)c1cc2c([nH]1)CC1C(CCc3ccccc3)C21. The van der Waals surface area contributed by atoms with Crippen LogP contribution in [0, 0.1) is 11.8 Å². The predicted octanol–water partition coefficient (Wildman–Crippen LogP) is 3.71. The molecule has 0 radical (unpaired) electrons. The normalized spacial score (nSPS) is 24.7. The van der Waals surface area contributed by atoms with Crippen molar-refractivity contribution in [2.24, 2.45) is 11.8 Å². The summed E-state index contributed by atoms with van der Waals surface area (Å²) >= 11 is 0. The molecular weight excluding hydrogens is 274 g/mol. The molecule has 1 aromatic heterocycles. The van der Waals surface area contributed by atoms with Gasteiger partial charge in [0.05, 0.1) is 6.61 Å². The third-order valence-corrected chi connectivity index (χ3v) is 5.17. The molecule has 0 aliphatic heterocycles. The topological polar surface area (TPSA) is 42.1 Å².